The van der Waals surface area contributed by atoms with Crippen LogP contribution in [-0.2, 0) is 0 Å². The first-order valence-corrected chi connectivity index (χ1v) is 3.68. The Labute approximate surface area is 67.0 Å². The summed E-state index contributed by atoms with van der Waals surface area (Å²) in [5.74, 6) is 0. The average Bonchev–Trinajstić information content (AvgIpc) is 1.62. The van der Waals surface area contributed by atoms with Gasteiger partial charge in [-0.15, -0.1) is 37.9 Å². The number of hydrogen-bond acceptors (Lipinski definition) is 3. The second kappa shape index (κ2) is 3.08. The largest absolute Gasteiger partial charge is 0.147 e. The fourth-order valence-electron chi connectivity index (χ4n) is 0.237. The first kappa shape index (κ1) is 8.79. The van der Waals surface area contributed by atoms with Crippen LogP contribution in [0.3, 0.4) is 0 Å². The van der Waals surface area contributed by atoms with Crippen LogP contribution in [0.25, 0.3) is 0 Å². The van der Waals surface area contributed by atoms with Crippen molar-refractivity contribution in [1.29, 1.82) is 0 Å². The minimum Gasteiger partial charge on any atom is -0.147 e. The molecule has 0 aliphatic carbocycles. The van der Waals surface area contributed by atoms with Crippen LogP contribution in [0.2, 0.25) is 0 Å². The highest BCUT2D eigenvalue weighted by Gasteiger charge is 2.15. The average molecular weight is 166 g/mol. The Morgan fingerprint density at radius 3 is 1.88 bits per heavy atom. The van der Waals surface area contributed by atoms with E-state index in [2.05, 4.69) is 44.5 Å². The lowest BCUT2D eigenvalue weighted by Gasteiger charge is -2.16. The predicted octanol–water partition coefficient (Wildman–Crippen LogP) is 2.40. The molecule has 0 aromatic rings. The predicted molar refractivity (Wildman–Crippen MR) is 49.1 cm³/mol. The third-order valence-electron chi connectivity index (χ3n) is 0.901. The smallest absolute Gasteiger partial charge is 0.119 e. The summed E-state index contributed by atoms with van der Waals surface area (Å²) in [6.45, 7) is 5.72. The molecule has 0 heterocycles. The first-order chi connectivity index (χ1) is 3.48. The maximum absolute atomic E-state index is 4.06. The molecule has 0 radical (unpaired) electrons. The van der Waals surface area contributed by atoms with E-state index < -0.39 is 3.41 Å². The van der Waals surface area contributed by atoms with E-state index in [0.29, 0.717) is 0 Å². The molecule has 0 N–H and O–H groups in total. The van der Waals surface area contributed by atoms with E-state index in [9.17, 15) is 0 Å². The molecule has 0 aliphatic rings. The van der Waals surface area contributed by atoms with Crippen LogP contribution in [0.5, 0.6) is 0 Å². The van der Waals surface area contributed by atoms with Gasteiger partial charge in [0.25, 0.3) is 0 Å². The van der Waals surface area contributed by atoms with E-state index in [1.165, 1.54) is 0 Å². The third kappa shape index (κ3) is 2.95. The number of thiol groups is 3. The van der Waals surface area contributed by atoms with Gasteiger partial charge in [-0.05, 0) is 12.0 Å². The van der Waals surface area contributed by atoms with Crippen molar-refractivity contribution < 1.29 is 0 Å². The van der Waals surface area contributed by atoms with Crippen LogP contribution in [0.4, 0.5) is 0 Å². The Morgan fingerprint density at radius 2 is 1.88 bits per heavy atom. The molecule has 0 rings (SSSR count). The second-order valence-electron chi connectivity index (χ2n) is 1.59. The molecule has 0 unspecified atom stereocenters. The molecule has 48 valence electrons. The fourth-order valence-corrected chi connectivity index (χ4v) is 0.712. The normalized spacial score (nSPS) is 11.5. The van der Waals surface area contributed by atoms with Crippen molar-refractivity contribution in [2.75, 3.05) is 0 Å². The lowest BCUT2D eigenvalue weighted by molar-refractivity contribution is 1.08. The summed E-state index contributed by atoms with van der Waals surface area (Å²) in [7, 11) is 0. The van der Waals surface area contributed by atoms with E-state index in [0.717, 1.165) is 12.0 Å². The molecule has 0 nitrogen and oxygen atoms in total. The van der Waals surface area contributed by atoms with E-state index in [1.54, 1.807) is 0 Å². The molecule has 0 spiro atoms. The molecule has 0 aromatic carbocycles. The van der Waals surface area contributed by atoms with Gasteiger partial charge in [-0.25, -0.2) is 0 Å². The highest BCUT2D eigenvalue weighted by molar-refractivity contribution is 8.17. The van der Waals surface area contributed by atoms with Crippen molar-refractivity contribution >= 4 is 37.9 Å². The first-order valence-electron chi connectivity index (χ1n) is 2.34. The summed E-state index contributed by atoms with van der Waals surface area (Å²) in [4.78, 5) is 0. The zero-order chi connectivity index (χ0) is 6.78. The number of rotatable bonds is 2. The van der Waals surface area contributed by atoms with Gasteiger partial charge in [-0.3, -0.25) is 0 Å². The summed E-state index contributed by atoms with van der Waals surface area (Å²) in [5, 5.41) is 0. The van der Waals surface area contributed by atoms with Gasteiger partial charge >= 0.3 is 0 Å². The topological polar surface area (TPSA) is 0 Å². The van der Waals surface area contributed by atoms with Crippen molar-refractivity contribution in [1.82, 2.24) is 0 Å². The van der Waals surface area contributed by atoms with Crippen LogP contribution >= 0.6 is 37.9 Å². The molecule has 0 saturated carbocycles. The molecule has 0 bridgehead atoms. The Bertz CT molecular complexity index is 90.3. The molecule has 8 heavy (non-hydrogen) atoms. The molecule has 0 aromatic heterocycles. The van der Waals surface area contributed by atoms with Crippen molar-refractivity contribution in [3.63, 3.8) is 0 Å². The molecule has 3 heteroatoms. The van der Waals surface area contributed by atoms with Crippen molar-refractivity contribution in [3.8, 4) is 0 Å². The maximum atomic E-state index is 4.06. The summed E-state index contributed by atoms with van der Waals surface area (Å²) in [5.41, 5.74) is 0.924. The zero-order valence-corrected chi connectivity index (χ0v) is 7.44. The van der Waals surface area contributed by atoms with Crippen LogP contribution in [0.1, 0.15) is 13.3 Å². The standard InChI is InChI=1S/C5H10S3/c1-3-4(2)5(6,7)8/h6-8H,2-3H2,1H3. The summed E-state index contributed by atoms with van der Waals surface area (Å²) < 4.78 is -0.602. The monoisotopic (exact) mass is 166 g/mol. The molecule has 0 fully saturated rings. The SMILES string of the molecule is C=C(CC)C(S)(S)S. The third-order valence-corrected chi connectivity index (χ3v) is 1.85. The Morgan fingerprint density at radius 1 is 1.50 bits per heavy atom. The van der Waals surface area contributed by atoms with Crippen LogP contribution < -0.4 is 0 Å². The molecule has 0 atom stereocenters. The highest BCUT2D eigenvalue weighted by Crippen LogP contribution is 2.33. The zero-order valence-electron chi connectivity index (χ0n) is 4.76. The molecule has 0 amide bonds. The van der Waals surface area contributed by atoms with E-state index >= 15 is 0 Å². The summed E-state index contributed by atoms with van der Waals surface area (Å²) in [6.07, 6.45) is 0.872. The Kier molecular flexibility index (Phi) is 3.39. The van der Waals surface area contributed by atoms with Crippen LogP contribution in [0, 0.1) is 0 Å². The van der Waals surface area contributed by atoms with Crippen LogP contribution in [0.15, 0.2) is 12.2 Å². The molecule has 0 saturated heterocycles. The van der Waals surface area contributed by atoms with E-state index in [4.69, 9.17) is 0 Å². The minimum absolute atomic E-state index is 0.602. The minimum atomic E-state index is -0.602. The molecular weight excluding hydrogens is 156 g/mol. The Hall–Kier alpha value is 0.790. The van der Waals surface area contributed by atoms with Gasteiger partial charge in [0.1, 0.15) is 3.41 Å². The van der Waals surface area contributed by atoms with Gasteiger partial charge in [0.2, 0.25) is 0 Å². The van der Waals surface area contributed by atoms with Crippen molar-refractivity contribution in [2.45, 2.75) is 16.8 Å². The van der Waals surface area contributed by atoms with Gasteiger partial charge in [0.15, 0.2) is 0 Å². The van der Waals surface area contributed by atoms with Gasteiger partial charge < -0.3 is 0 Å². The lowest BCUT2D eigenvalue weighted by atomic mass is 10.3. The second-order valence-corrected chi connectivity index (χ2v) is 4.66. The quantitative estimate of drug-likeness (QED) is 0.313. The fraction of sp³-hybridized carbons (Fsp3) is 0.600. The van der Waals surface area contributed by atoms with Gasteiger partial charge in [0.05, 0.1) is 0 Å². The van der Waals surface area contributed by atoms with Gasteiger partial charge in [-0.1, -0.05) is 13.5 Å². The van der Waals surface area contributed by atoms with Gasteiger partial charge in [0, 0.05) is 0 Å². The van der Waals surface area contributed by atoms with Gasteiger partial charge in [-0.2, -0.15) is 0 Å². The van der Waals surface area contributed by atoms with E-state index in [-0.39, 0.29) is 0 Å². The summed E-state index contributed by atoms with van der Waals surface area (Å²) >= 11 is 12.2. The van der Waals surface area contributed by atoms with Crippen molar-refractivity contribution in [3.05, 3.63) is 12.2 Å². The highest BCUT2D eigenvalue weighted by atomic mass is 32.2. The maximum Gasteiger partial charge on any atom is 0.119 e. The van der Waals surface area contributed by atoms with Crippen LogP contribution in [-0.4, -0.2) is 3.41 Å². The number of hydrogen-bond donors (Lipinski definition) is 3. The Balaban J connectivity index is 3.82. The van der Waals surface area contributed by atoms with E-state index in [1.807, 2.05) is 6.92 Å². The molecular formula is C5H10S3. The lowest BCUT2D eigenvalue weighted by Crippen LogP contribution is -2.04. The summed E-state index contributed by atoms with van der Waals surface area (Å²) in [6, 6.07) is 0. The van der Waals surface area contributed by atoms with Crippen molar-refractivity contribution in [2.24, 2.45) is 0 Å². The molecule has 0 aliphatic heterocycles.